The number of aromatic nitrogens is 1. The van der Waals surface area contributed by atoms with Gasteiger partial charge in [-0.1, -0.05) is 29.3 Å². The highest BCUT2D eigenvalue weighted by Crippen LogP contribution is 2.32. The number of hydrazine groups is 1. The van der Waals surface area contributed by atoms with Crippen molar-refractivity contribution in [2.24, 2.45) is 5.84 Å². The first kappa shape index (κ1) is 13.0. The van der Waals surface area contributed by atoms with E-state index in [-0.39, 0.29) is 0 Å². The molecule has 1 heterocycles. The number of benzene rings is 1. The zero-order chi connectivity index (χ0) is 13.0. The fourth-order valence-electron chi connectivity index (χ4n) is 1.42. The van der Waals surface area contributed by atoms with Crippen molar-refractivity contribution in [3.63, 3.8) is 0 Å². The number of halogens is 2. The summed E-state index contributed by atoms with van der Waals surface area (Å²) < 4.78 is 5.59. The van der Waals surface area contributed by atoms with Crippen LogP contribution in [0, 0.1) is 0 Å². The van der Waals surface area contributed by atoms with Crippen molar-refractivity contribution < 1.29 is 4.74 Å². The Hall–Kier alpha value is -1.49. The maximum atomic E-state index is 6.00. The van der Waals surface area contributed by atoms with Crippen molar-refractivity contribution in [1.82, 2.24) is 4.98 Å². The van der Waals surface area contributed by atoms with Gasteiger partial charge in [0.15, 0.2) is 5.75 Å². The molecule has 1 aromatic carbocycles. The lowest BCUT2D eigenvalue weighted by Crippen LogP contribution is -2.09. The molecule has 3 N–H and O–H groups in total. The Morgan fingerprint density at radius 3 is 2.61 bits per heavy atom. The molecule has 0 radical (unpaired) electrons. The van der Waals surface area contributed by atoms with Crippen LogP contribution in [0.2, 0.25) is 10.0 Å². The molecule has 0 unspecified atom stereocenters. The molecule has 0 fully saturated rings. The van der Waals surface area contributed by atoms with Gasteiger partial charge in [-0.3, -0.25) is 0 Å². The molecule has 94 valence electrons. The summed E-state index contributed by atoms with van der Waals surface area (Å²) in [7, 11) is 0. The highest BCUT2D eigenvalue weighted by molar-refractivity contribution is 6.37. The summed E-state index contributed by atoms with van der Waals surface area (Å²) in [6.07, 6.45) is 1.64. The van der Waals surface area contributed by atoms with Crippen LogP contribution < -0.4 is 16.0 Å². The molecule has 6 heteroatoms. The van der Waals surface area contributed by atoms with Crippen molar-refractivity contribution >= 4 is 29.0 Å². The second kappa shape index (κ2) is 5.91. The van der Waals surface area contributed by atoms with Gasteiger partial charge in [0.25, 0.3) is 0 Å². The van der Waals surface area contributed by atoms with Gasteiger partial charge in [-0.15, -0.1) is 0 Å². The highest BCUT2D eigenvalue weighted by Gasteiger charge is 2.07. The monoisotopic (exact) mass is 283 g/mol. The van der Waals surface area contributed by atoms with Gasteiger partial charge >= 0.3 is 0 Å². The number of hydrogen-bond donors (Lipinski definition) is 2. The van der Waals surface area contributed by atoms with Crippen molar-refractivity contribution in [3.8, 4) is 5.75 Å². The van der Waals surface area contributed by atoms with E-state index in [1.165, 1.54) is 0 Å². The molecular weight excluding hydrogens is 273 g/mol. The third kappa shape index (κ3) is 3.04. The van der Waals surface area contributed by atoms with E-state index < -0.39 is 0 Å². The summed E-state index contributed by atoms with van der Waals surface area (Å²) in [5.41, 5.74) is 3.38. The average Bonchev–Trinajstić information content (AvgIpc) is 2.38. The van der Waals surface area contributed by atoms with Crippen LogP contribution in [0.1, 0.15) is 5.56 Å². The summed E-state index contributed by atoms with van der Waals surface area (Å²) in [6.45, 7) is 0.334. The second-order valence-electron chi connectivity index (χ2n) is 3.53. The Morgan fingerprint density at radius 1 is 1.22 bits per heavy atom. The number of nitrogens with zero attached hydrogens (tertiary/aromatic N) is 1. The normalized spacial score (nSPS) is 10.2. The van der Waals surface area contributed by atoms with Crippen LogP contribution in [-0.2, 0) is 6.61 Å². The Labute approximate surface area is 115 Å². The van der Waals surface area contributed by atoms with Gasteiger partial charge in [-0.25, -0.2) is 10.8 Å². The number of anilines is 1. The molecule has 2 aromatic rings. The minimum atomic E-state index is 0.334. The molecule has 0 saturated carbocycles. The maximum Gasteiger partial charge on any atom is 0.156 e. The Morgan fingerprint density at radius 2 is 1.94 bits per heavy atom. The molecule has 18 heavy (non-hydrogen) atoms. The lowest BCUT2D eigenvalue weighted by molar-refractivity contribution is 0.306. The van der Waals surface area contributed by atoms with Gasteiger partial charge < -0.3 is 10.2 Å². The van der Waals surface area contributed by atoms with Crippen molar-refractivity contribution in [1.29, 1.82) is 0 Å². The highest BCUT2D eigenvalue weighted by atomic mass is 35.5. The smallest absolute Gasteiger partial charge is 0.156 e. The number of nitrogen functional groups attached to an aromatic ring is 1. The van der Waals surface area contributed by atoms with E-state index in [0.29, 0.717) is 28.2 Å². The van der Waals surface area contributed by atoms with Crippen molar-refractivity contribution in [2.45, 2.75) is 6.61 Å². The second-order valence-corrected chi connectivity index (χ2v) is 4.35. The van der Waals surface area contributed by atoms with Crippen LogP contribution in [0.5, 0.6) is 5.75 Å². The molecule has 0 spiro atoms. The quantitative estimate of drug-likeness (QED) is 0.668. The number of hydrogen-bond acceptors (Lipinski definition) is 4. The number of para-hydroxylation sites is 1. The molecule has 2 rings (SSSR count). The first-order valence-electron chi connectivity index (χ1n) is 5.19. The van der Waals surface area contributed by atoms with E-state index in [1.54, 1.807) is 30.5 Å². The third-order valence-corrected chi connectivity index (χ3v) is 2.87. The SMILES string of the molecule is NNc1cc(COc2c(Cl)cccc2Cl)ccn1. The molecule has 0 aliphatic heterocycles. The van der Waals surface area contributed by atoms with Gasteiger partial charge in [-0.05, 0) is 29.8 Å². The minimum absolute atomic E-state index is 0.334. The summed E-state index contributed by atoms with van der Waals surface area (Å²) in [5.74, 6) is 6.32. The van der Waals surface area contributed by atoms with Gasteiger partial charge in [0.1, 0.15) is 12.4 Å². The standard InChI is InChI=1S/C12H11Cl2N3O/c13-9-2-1-3-10(14)12(9)18-7-8-4-5-16-11(6-8)17-15/h1-6H,7,15H2,(H,16,17). The number of pyridine rings is 1. The van der Waals surface area contributed by atoms with Crippen molar-refractivity contribution in [3.05, 3.63) is 52.1 Å². The largest absolute Gasteiger partial charge is 0.486 e. The number of nitrogens with one attached hydrogen (secondary N) is 1. The zero-order valence-electron chi connectivity index (χ0n) is 9.36. The van der Waals surface area contributed by atoms with Gasteiger partial charge in [0, 0.05) is 6.20 Å². The van der Waals surface area contributed by atoms with Crippen LogP contribution in [0.15, 0.2) is 36.5 Å². The maximum absolute atomic E-state index is 6.00. The van der Waals surface area contributed by atoms with Gasteiger partial charge in [-0.2, -0.15) is 0 Å². The summed E-state index contributed by atoms with van der Waals surface area (Å²) in [6, 6.07) is 8.82. The molecular formula is C12H11Cl2N3O. The molecule has 0 aliphatic carbocycles. The average molecular weight is 284 g/mol. The van der Waals surface area contributed by atoms with E-state index in [9.17, 15) is 0 Å². The summed E-state index contributed by atoms with van der Waals surface area (Å²) in [4.78, 5) is 4.00. The number of ether oxygens (including phenoxy) is 1. The fourth-order valence-corrected chi connectivity index (χ4v) is 1.93. The van der Waals surface area contributed by atoms with Crippen LogP contribution in [-0.4, -0.2) is 4.98 Å². The fraction of sp³-hybridized carbons (Fsp3) is 0.0833. The van der Waals surface area contributed by atoms with E-state index >= 15 is 0 Å². The number of nitrogens with two attached hydrogens (primary N) is 1. The molecule has 0 aliphatic rings. The third-order valence-electron chi connectivity index (χ3n) is 2.27. The molecule has 0 saturated heterocycles. The molecule has 1 aromatic heterocycles. The summed E-state index contributed by atoms with van der Waals surface area (Å²) in [5, 5.41) is 0.961. The topological polar surface area (TPSA) is 60.2 Å². The molecule has 0 bridgehead atoms. The van der Waals surface area contributed by atoms with E-state index in [1.807, 2.05) is 6.07 Å². The first-order valence-corrected chi connectivity index (χ1v) is 5.94. The Balaban J connectivity index is 2.11. The zero-order valence-corrected chi connectivity index (χ0v) is 10.9. The molecule has 4 nitrogen and oxygen atoms in total. The first-order chi connectivity index (χ1) is 8.70. The molecule has 0 amide bonds. The van der Waals surface area contributed by atoms with Crippen LogP contribution in [0.25, 0.3) is 0 Å². The van der Waals surface area contributed by atoms with E-state index in [2.05, 4.69) is 10.4 Å². The van der Waals surface area contributed by atoms with E-state index in [4.69, 9.17) is 33.8 Å². The van der Waals surface area contributed by atoms with Gasteiger partial charge in [0.2, 0.25) is 0 Å². The minimum Gasteiger partial charge on any atom is -0.486 e. The Bertz CT molecular complexity index is 528. The van der Waals surface area contributed by atoms with Gasteiger partial charge in [0.05, 0.1) is 10.0 Å². The number of rotatable bonds is 4. The van der Waals surface area contributed by atoms with E-state index in [0.717, 1.165) is 5.56 Å². The Kier molecular flexibility index (Phi) is 4.25. The van der Waals surface area contributed by atoms with Crippen LogP contribution in [0.3, 0.4) is 0 Å². The predicted molar refractivity (Wildman–Crippen MR) is 72.8 cm³/mol. The lowest BCUT2D eigenvalue weighted by Gasteiger charge is -2.10. The lowest BCUT2D eigenvalue weighted by atomic mass is 10.3. The van der Waals surface area contributed by atoms with Crippen LogP contribution in [0.4, 0.5) is 5.82 Å². The summed E-state index contributed by atoms with van der Waals surface area (Å²) >= 11 is 12.0. The predicted octanol–water partition coefficient (Wildman–Crippen LogP) is 3.25. The van der Waals surface area contributed by atoms with Crippen molar-refractivity contribution in [2.75, 3.05) is 5.43 Å². The molecule has 0 atom stereocenters. The van der Waals surface area contributed by atoms with Crippen LogP contribution >= 0.6 is 23.2 Å².